The minimum absolute atomic E-state index is 0.196. The first-order valence-corrected chi connectivity index (χ1v) is 6.84. The van der Waals surface area contributed by atoms with Crippen molar-refractivity contribution in [2.75, 3.05) is 0 Å². The summed E-state index contributed by atoms with van der Waals surface area (Å²) >= 11 is 0. The van der Waals surface area contributed by atoms with E-state index in [0.717, 1.165) is 18.3 Å². The van der Waals surface area contributed by atoms with E-state index in [1.165, 1.54) is 19.3 Å². The summed E-state index contributed by atoms with van der Waals surface area (Å²) in [6.07, 6.45) is 4.97. The first kappa shape index (κ1) is 11.1. The van der Waals surface area contributed by atoms with Crippen molar-refractivity contribution in [2.45, 2.75) is 65.9 Å². The van der Waals surface area contributed by atoms with E-state index in [1.54, 1.807) is 0 Å². The Kier molecular flexibility index (Phi) is 1.75. The summed E-state index contributed by atoms with van der Waals surface area (Å²) in [5, 5.41) is 10.7. The van der Waals surface area contributed by atoms with Crippen molar-refractivity contribution in [3.05, 3.63) is 0 Å². The molecule has 1 heteroatoms. The average molecular weight is 222 g/mol. The Morgan fingerprint density at radius 1 is 0.938 bits per heavy atom. The molecule has 0 aromatic rings. The highest BCUT2D eigenvalue weighted by molar-refractivity contribution is 5.25. The molecule has 0 aromatic carbocycles. The van der Waals surface area contributed by atoms with Crippen LogP contribution in [-0.2, 0) is 0 Å². The molecule has 0 aliphatic heterocycles. The van der Waals surface area contributed by atoms with E-state index in [2.05, 4.69) is 34.6 Å². The molecule has 16 heavy (non-hydrogen) atoms. The van der Waals surface area contributed by atoms with Crippen LogP contribution in [0.3, 0.4) is 0 Å². The fourth-order valence-corrected chi connectivity index (χ4v) is 5.43. The maximum absolute atomic E-state index is 10.7. The quantitative estimate of drug-likeness (QED) is 0.664. The van der Waals surface area contributed by atoms with Crippen molar-refractivity contribution in [1.82, 2.24) is 0 Å². The lowest BCUT2D eigenvalue weighted by Gasteiger charge is -2.45. The SMILES string of the molecule is CC1(C)C[C@H]2C[C@@](C)(O)[C@]3(C)C[C@]3(C)[C@H]2C1. The summed E-state index contributed by atoms with van der Waals surface area (Å²) in [5.74, 6) is 1.64. The van der Waals surface area contributed by atoms with Gasteiger partial charge in [0.05, 0.1) is 5.60 Å². The molecular weight excluding hydrogens is 196 g/mol. The molecule has 0 spiro atoms. The normalized spacial score (nSPS) is 62.6. The van der Waals surface area contributed by atoms with E-state index in [0.29, 0.717) is 10.8 Å². The number of hydrogen-bond donors (Lipinski definition) is 1. The molecule has 3 aliphatic rings. The molecule has 0 unspecified atom stereocenters. The standard InChI is InChI=1S/C15H26O/c1-12(2)6-10-7-15(5,16)14(4)9-13(14,3)11(10)8-12/h10-11,16H,6-9H2,1-5H3/t10-,11-,13+,14+,15+/m0/s1. The van der Waals surface area contributed by atoms with Crippen LogP contribution in [0.2, 0.25) is 0 Å². The summed E-state index contributed by atoms with van der Waals surface area (Å²) in [6.45, 7) is 11.6. The smallest absolute Gasteiger partial charge is 0.0681 e. The van der Waals surface area contributed by atoms with Crippen LogP contribution in [0.15, 0.2) is 0 Å². The fraction of sp³-hybridized carbons (Fsp3) is 1.00. The van der Waals surface area contributed by atoms with E-state index in [9.17, 15) is 5.11 Å². The van der Waals surface area contributed by atoms with Gasteiger partial charge in [0, 0.05) is 5.41 Å². The summed E-state index contributed by atoms with van der Waals surface area (Å²) in [4.78, 5) is 0. The zero-order valence-corrected chi connectivity index (χ0v) is 11.4. The second kappa shape index (κ2) is 2.53. The summed E-state index contributed by atoms with van der Waals surface area (Å²) in [5.41, 5.74) is 0.695. The summed E-state index contributed by atoms with van der Waals surface area (Å²) in [6, 6.07) is 0. The van der Waals surface area contributed by atoms with Crippen LogP contribution in [0.25, 0.3) is 0 Å². The van der Waals surface area contributed by atoms with Gasteiger partial charge in [-0.3, -0.25) is 0 Å². The molecule has 0 aromatic heterocycles. The van der Waals surface area contributed by atoms with Crippen molar-refractivity contribution >= 4 is 0 Å². The second-order valence-corrected chi connectivity index (χ2v) is 8.34. The number of hydrogen-bond acceptors (Lipinski definition) is 1. The van der Waals surface area contributed by atoms with Gasteiger partial charge in [-0.1, -0.05) is 27.7 Å². The Bertz CT molecular complexity index is 343. The van der Waals surface area contributed by atoms with Crippen LogP contribution >= 0.6 is 0 Å². The predicted molar refractivity (Wildman–Crippen MR) is 66.1 cm³/mol. The zero-order valence-electron chi connectivity index (χ0n) is 11.4. The summed E-state index contributed by atoms with van der Waals surface area (Å²) < 4.78 is 0. The van der Waals surface area contributed by atoms with Crippen molar-refractivity contribution < 1.29 is 5.11 Å². The van der Waals surface area contributed by atoms with Crippen molar-refractivity contribution in [3.8, 4) is 0 Å². The molecule has 0 saturated heterocycles. The molecule has 1 nitrogen and oxygen atoms in total. The van der Waals surface area contributed by atoms with Gasteiger partial charge in [-0.05, 0) is 55.3 Å². The minimum Gasteiger partial charge on any atom is -0.390 e. The van der Waals surface area contributed by atoms with Crippen LogP contribution < -0.4 is 0 Å². The van der Waals surface area contributed by atoms with E-state index < -0.39 is 5.60 Å². The van der Waals surface area contributed by atoms with Gasteiger partial charge < -0.3 is 5.11 Å². The van der Waals surface area contributed by atoms with Crippen molar-refractivity contribution in [3.63, 3.8) is 0 Å². The van der Waals surface area contributed by atoms with Gasteiger partial charge in [-0.15, -0.1) is 0 Å². The number of aliphatic hydroxyl groups is 1. The van der Waals surface area contributed by atoms with Gasteiger partial charge in [-0.25, -0.2) is 0 Å². The third-order valence-corrected chi connectivity index (χ3v) is 6.68. The molecule has 3 fully saturated rings. The lowest BCUT2D eigenvalue weighted by molar-refractivity contribution is -0.0886. The molecule has 0 radical (unpaired) electrons. The maximum Gasteiger partial charge on any atom is 0.0681 e. The van der Waals surface area contributed by atoms with Gasteiger partial charge in [-0.2, -0.15) is 0 Å². The third kappa shape index (κ3) is 1.06. The zero-order chi connectivity index (χ0) is 12.0. The molecule has 0 amide bonds. The monoisotopic (exact) mass is 222 g/mol. The molecule has 3 rings (SSSR count). The first-order chi connectivity index (χ1) is 7.11. The van der Waals surface area contributed by atoms with Gasteiger partial charge in [0.25, 0.3) is 0 Å². The van der Waals surface area contributed by atoms with E-state index >= 15 is 0 Å². The van der Waals surface area contributed by atoms with Crippen LogP contribution in [0.5, 0.6) is 0 Å². The molecule has 92 valence electrons. The molecule has 0 heterocycles. The fourth-order valence-electron chi connectivity index (χ4n) is 5.43. The number of fused-ring (bicyclic) bond motifs is 3. The Hall–Kier alpha value is -0.0400. The second-order valence-electron chi connectivity index (χ2n) is 8.34. The van der Waals surface area contributed by atoms with Crippen LogP contribution in [0.4, 0.5) is 0 Å². The van der Waals surface area contributed by atoms with E-state index in [-0.39, 0.29) is 5.41 Å². The Morgan fingerprint density at radius 3 is 2.19 bits per heavy atom. The van der Waals surface area contributed by atoms with Crippen LogP contribution in [-0.4, -0.2) is 10.7 Å². The van der Waals surface area contributed by atoms with Gasteiger partial charge in [0.2, 0.25) is 0 Å². The van der Waals surface area contributed by atoms with Gasteiger partial charge in [0.15, 0.2) is 0 Å². The highest BCUT2D eigenvalue weighted by atomic mass is 16.3. The average Bonchev–Trinajstić information content (AvgIpc) is 2.52. The Labute approximate surface area is 99.6 Å². The highest BCUT2D eigenvalue weighted by Gasteiger charge is 2.76. The molecule has 1 N–H and O–H groups in total. The minimum atomic E-state index is -0.427. The molecule has 0 bridgehead atoms. The van der Waals surface area contributed by atoms with Gasteiger partial charge in [0.1, 0.15) is 0 Å². The van der Waals surface area contributed by atoms with Gasteiger partial charge >= 0.3 is 0 Å². The Balaban J connectivity index is 1.98. The van der Waals surface area contributed by atoms with Crippen LogP contribution in [0, 0.1) is 28.1 Å². The number of rotatable bonds is 0. The Morgan fingerprint density at radius 2 is 1.56 bits per heavy atom. The highest BCUT2D eigenvalue weighted by Crippen LogP contribution is 2.80. The molecule has 3 aliphatic carbocycles. The lowest BCUT2D eigenvalue weighted by atomic mass is 9.62. The molecular formula is C15H26O. The third-order valence-electron chi connectivity index (χ3n) is 6.68. The van der Waals surface area contributed by atoms with Crippen LogP contribution in [0.1, 0.15) is 60.3 Å². The lowest BCUT2D eigenvalue weighted by Crippen LogP contribution is -2.46. The topological polar surface area (TPSA) is 20.2 Å². The maximum atomic E-state index is 10.7. The van der Waals surface area contributed by atoms with Crippen molar-refractivity contribution in [1.29, 1.82) is 0 Å². The molecule has 3 saturated carbocycles. The molecule has 5 atom stereocenters. The van der Waals surface area contributed by atoms with Crippen molar-refractivity contribution in [2.24, 2.45) is 28.1 Å². The summed E-state index contributed by atoms with van der Waals surface area (Å²) in [7, 11) is 0. The first-order valence-electron chi connectivity index (χ1n) is 6.84. The van der Waals surface area contributed by atoms with E-state index in [4.69, 9.17) is 0 Å². The largest absolute Gasteiger partial charge is 0.390 e. The van der Waals surface area contributed by atoms with E-state index in [1.807, 2.05) is 0 Å². The predicted octanol–water partition coefficient (Wildman–Crippen LogP) is 3.61.